The number of benzene rings is 2. The molecule has 0 spiro atoms. The number of anilines is 1. The van der Waals surface area contributed by atoms with E-state index in [1.807, 2.05) is 56.0 Å². The van der Waals surface area contributed by atoms with Crippen LogP contribution in [0.1, 0.15) is 47.4 Å². The quantitative estimate of drug-likeness (QED) is 0.693. The van der Waals surface area contributed by atoms with E-state index < -0.39 is 5.92 Å². The Morgan fingerprint density at radius 1 is 1.17 bits per heavy atom. The van der Waals surface area contributed by atoms with Crippen molar-refractivity contribution in [1.29, 1.82) is 5.26 Å². The molecule has 4 rings (SSSR count). The van der Waals surface area contributed by atoms with Gasteiger partial charge in [0.1, 0.15) is 5.82 Å². The van der Waals surface area contributed by atoms with Gasteiger partial charge in [-0.2, -0.15) is 5.26 Å². The number of carbonyl (C=O) groups is 1. The molecule has 0 aromatic heterocycles. The van der Waals surface area contributed by atoms with Gasteiger partial charge in [0.05, 0.1) is 23.2 Å². The smallest absolute Gasteiger partial charge is 0.161 e. The van der Waals surface area contributed by atoms with Crippen molar-refractivity contribution >= 4 is 23.1 Å². The number of allylic oxidation sites excluding steroid dienone is 3. The van der Waals surface area contributed by atoms with E-state index in [1.165, 1.54) is 0 Å². The largest absolute Gasteiger partial charge is 0.384 e. The molecule has 30 heavy (non-hydrogen) atoms. The number of ketones is 1. The SMILES string of the molecule is Cc1ccc([C@H]2C(C#N)=C(N)N(c3cccc(Cl)c3C)C3=C2C(=O)CCC3)c(C)c1. The highest BCUT2D eigenvalue weighted by Crippen LogP contribution is 2.47. The van der Waals surface area contributed by atoms with Gasteiger partial charge in [-0.05, 0) is 62.4 Å². The second-order valence-electron chi connectivity index (χ2n) is 8.06. The molecule has 2 aromatic carbocycles. The number of carbonyl (C=O) groups excluding carboxylic acids is 1. The Bertz CT molecular complexity index is 1170. The van der Waals surface area contributed by atoms with E-state index >= 15 is 0 Å². The zero-order valence-electron chi connectivity index (χ0n) is 17.4. The maximum Gasteiger partial charge on any atom is 0.161 e. The molecule has 0 fully saturated rings. The second kappa shape index (κ2) is 7.66. The molecule has 0 amide bonds. The van der Waals surface area contributed by atoms with Crippen LogP contribution in [0.15, 0.2) is 59.1 Å². The van der Waals surface area contributed by atoms with Crippen LogP contribution in [-0.2, 0) is 4.79 Å². The van der Waals surface area contributed by atoms with Crippen molar-refractivity contribution in [3.8, 4) is 6.07 Å². The topological polar surface area (TPSA) is 70.1 Å². The molecule has 0 saturated heterocycles. The number of hydrogen-bond donors (Lipinski definition) is 1. The van der Waals surface area contributed by atoms with E-state index in [1.54, 1.807) is 0 Å². The van der Waals surface area contributed by atoms with Gasteiger partial charge in [-0.1, -0.05) is 41.4 Å². The molecule has 1 heterocycles. The number of nitrogens with two attached hydrogens (primary N) is 1. The average molecular weight is 418 g/mol. The van der Waals surface area contributed by atoms with Crippen molar-refractivity contribution in [2.45, 2.75) is 46.0 Å². The van der Waals surface area contributed by atoms with E-state index in [9.17, 15) is 10.1 Å². The number of aryl methyl sites for hydroxylation is 2. The summed E-state index contributed by atoms with van der Waals surface area (Å²) in [6, 6.07) is 14.1. The minimum atomic E-state index is -0.436. The molecule has 0 bridgehead atoms. The summed E-state index contributed by atoms with van der Waals surface area (Å²) in [5.41, 5.74) is 13.5. The first-order valence-corrected chi connectivity index (χ1v) is 10.5. The Morgan fingerprint density at radius 2 is 1.93 bits per heavy atom. The predicted octanol–water partition coefficient (Wildman–Crippen LogP) is 5.57. The van der Waals surface area contributed by atoms with Crippen molar-refractivity contribution in [3.63, 3.8) is 0 Å². The number of rotatable bonds is 2. The number of nitrogens with zero attached hydrogens (tertiary/aromatic N) is 2. The summed E-state index contributed by atoms with van der Waals surface area (Å²) in [6.45, 7) is 5.99. The molecule has 1 aliphatic heterocycles. The molecule has 2 aromatic rings. The highest BCUT2D eigenvalue weighted by Gasteiger charge is 2.41. The minimum Gasteiger partial charge on any atom is -0.384 e. The second-order valence-corrected chi connectivity index (χ2v) is 8.47. The Morgan fingerprint density at radius 3 is 2.63 bits per heavy atom. The summed E-state index contributed by atoms with van der Waals surface area (Å²) < 4.78 is 0. The van der Waals surface area contributed by atoms with Crippen LogP contribution in [0.4, 0.5) is 5.69 Å². The monoisotopic (exact) mass is 417 g/mol. The number of hydrogen-bond acceptors (Lipinski definition) is 4. The fourth-order valence-electron chi connectivity index (χ4n) is 4.66. The summed E-state index contributed by atoms with van der Waals surface area (Å²) in [7, 11) is 0. The standard InChI is InChI=1S/C25H24ClN3O/c1-14-10-11-17(15(2)12-14)23-18(13-27)25(28)29(20-7-4-6-19(26)16(20)3)21-8-5-9-22(30)24(21)23/h4,6-7,10-12,23H,5,8-9,28H2,1-3H3/t23-/m0/s1. The third-order valence-corrected chi connectivity index (χ3v) is 6.54. The van der Waals surface area contributed by atoms with Crippen molar-refractivity contribution in [1.82, 2.24) is 0 Å². The van der Waals surface area contributed by atoms with Crippen LogP contribution in [-0.4, -0.2) is 5.78 Å². The molecular formula is C25H24ClN3O. The first kappa shape index (κ1) is 20.3. The molecule has 0 radical (unpaired) electrons. The minimum absolute atomic E-state index is 0.0890. The summed E-state index contributed by atoms with van der Waals surface area (Å²) >= 11 is 6.38. The first-order chi connectivity index (χ1) is 14.3. The van der Waals surface area contributed by atoms with Gasteiger partial charge in [0.15, 0.2) is 5.78 Å². The Hall–Kier alpha value is -3.03. The van der Waals surface area contributed by atoms with E-state index in [4.69, 9.17) is 17.3 Å². The van der Waals surface area contributed by atoms with Gasteiger partial charge in [0.25, 0.3) is 0 Å². The summed E-state index contributed by atoms with van der Waals surface area (Å²) in [5, 5.41) is 10.8. The average Bonchev–Trinajstić information content (AvgIpc) is 2.70. The van der Waals surface area contributed by atoms with E-state index in [-0.39, 0.29) is 5.78 Å². The molecule has 4 nitrogen and oxygen atoms in total. The maximum atomic E-state index is 13.2. The molecule has 1 aliphatic carbocycles. The zero-order chi connectivity index (χ0) is 21.6. The van der Waals surface area contributed by atoms with E-state index in [2.05, 4.69) is 12.1 Å². The van der Waals surface area contributed by atoms with Gasteiger partial charge < -0.3 is 5.73 Å². The summed E-state index contributed by atoms with van der Waals surface area (Å²) in [6.07, 6.45) is 1.98. The van der Waals surface area contributed by atoms with Crippen LogP contribution in [0.2, 0.25) is 5.02 Å². The van der Waals surface area contributed by atoms with Crippen LogP contribution >= 0.6 is 11.6 Å². The van der Waals surface area contributed by atoms with Crippen molar-refractivity contribution in [3.05, 3.63) is 86.3 Å². The van der Waals surface area contributed by atoms with Crippen LogP contribution in [0.5, 0.6) is 0 Å². The molecular weight excluding hydrogens is 394 g/mol. The lowest BCUT2D eigenvalue weighted by molar-refractivity contribution is -0.116. The number of Topliss-reactive ketones (excluding diaryl/α,β-unsaturated/α-hetero) is 1. The number of halogens is 1. The third kappa shape index (κ3) is 3.11. The van der Waals surface area contributed by atoms with Crippen LogP contribution in [0.3, 0.4) is 0 Å². The van der Waals surface area contributed by atoms with E-state index in [0.717, 1.165) is 46.5 Å². The fraction of sp³-hybridized carbons (Fsp3) is 0.280. The third-order valence-electron chi connectivity index (χ3n) is 6.13. The molecule has 152 valence electrons. The fourth-order valence-corrected chi connectivity index (χ4v) is 4.83. The Balaban J connectivity index is 2.02. The molecule has 0 unspecified atom stereocenters. The van der Waals surface area contributed by atoms with Gasteiger partial charge in [-0.15, -0.1) is 0 Å². The van der Waals surface area contributed by atoms with Crippen molar-refractivity contribution in [2.75, 3.05) is 4.90 Å². The van der Waals surface area contributed by atoms with Crippen LogP contribution < -0.4 is 10.6 Å². The van der Waals surface area contributed by atoms with Gasteiger partial charge in [0.2, 0.25) is 0 Å². The molecule has 5 heteroatoms. The maximum absolute atomic E-state index is 13.2. The highest BCUT2D eigenvalue weighted by molar-refractivity contribution is 6.31. The zero-order valence-corrected chi connectivity index (χ0v) is 18.2. The van der Waals surface area contributed by atoms with Gasteiger partial charge in [-0.3, -0.25) is 9.69 Å². The molecule has 1 atom stereocenters. The summed E-state index contributed by atoms with van der Waals surface area (Å²) in [5.74, 6) is 0.0292. The van der Waals surface area contributed by atoms with Gasteiger partial charge in [-0.25, -0.2) is 0 Å². The lowest BCUT2D eigenvalue weighted by atomic mass is 9.74. The normalized spacial score (nSPS) is 19.1. The summed E-state index contributed by atoms with van der Waals surface area (Å²) in [4.78, 5) is 15.1. The lowest BCUT2D eigenvalue weighted by Crippen LogP contribution is -2.39. The lowest BCUT2D eigenvalue weighted by Gasteiger charge is -2.40. The highest BCUT2D eigenvalue weighted by atomic mass is 35.5. The van der Waals surface area contributed by atoms with Crippen LogP contribution in [0.25, 0.3) is 0 Å². The Kier molecular flexibility index (Phi) is 5.17. The first-order valence-electron chi connectivity index (χ1n) is 10.1. The van der Waals surface area contributed by atoms with E-state index in [0.29, 0.717) is 28.4 Å². The predicted molar refractivity (Wildman–Crippen MR) is 120 cm³/mol. The van der Waals surface area contributed by atoms with Crippen LogP contribution in [0, 0.1) is 32.1 Å². The van der Waals surface area contributed by atoms with Crippen molar-refractivity contribution in [2.24, 2.45) is 5.73 Å². The van der Waals surface area contributed by atoms with Crippen molar-refractivity contribution < 1.29 is 4.79 Å². The Labute approximate surface area is 182 Å². The van der Waals surface area contributed by atoms with Gasteiger partial charge >= 0.3 is 0 Å². The molecule has 0 saturated carbocycles. The molecule has 2 aliphatic rings. The van der Waals surface area contributed by atoms with Gasteiger partial charge in [0, 0.05) is 22.7 Å². The molecule has 2 N–H and O–H groups in total. The number of nitriles is 1.